The highest BCUT2D eigenvalue weighted by Crippen LogP contribution is 2.36. The van der Waals surface area contributed by atoms with Crippen LogP contribution in [0.2, 0.25) is 0 Å². The number of benzene rings is 1. The minimum absolute atomic E-state index is 0.371. The number of anilines is 2. The molecule has 0 radical (unpaired) electrons. The Labute approximate surface area is 148 Å². The van der Waals surface area contributed by atoms with E-state index in [9.17, 15) is 4.79 Å². The van der Waals surface area contributed by atoms with E-state index in [-0.39, 0.29) is 0 Å². The van der Waals surface area contributed by atoms with Crippen LogP contribution in [0.5, 0.6) is 0 Å². The van der Waals surface area contributed by atoms with Gasteiger partial charge in [0, 0.05) is 42.1 Å². The van der Waals surface area contributed by atoms with Crippen molar-refractivity contribution in [3.63, 3.8) is 0 Å². The fourth-order valence-corrected chi connectivity index (χ4v) is 3.58. The highest BCUT2D eigenvalue weighted by molar-refractivity contribution is 5.88. The molecule has 2 aromatic rings. The molecule has 130 valence electrons. The van der Waals surface area contributed by atoms with Crippen LogP contribution in [0.3, 0.4) is 0 Å². The smallest absolute Gasteiger partial charge is 0.134 e. The average molecular weight is 336 g/mol. The predicted octanol–water partition coefficient (Wildman–Crippen LogP) is 4.37. The molecule has 0 saturated heterocycles. The maximum atomic E-state index is 11.5. The molecular weight excluding hydrogens is 312 g/mol. The van der Waals surface area contributed by atoms with E-state index in [4.69, 9.17) is 5.41 Å². The molecule has 1 aliphatic carbocycles. The lowest BCUT2D eigenvalue weighted by molar-refractivity contribution is -0.120. The van der Waals surface area contributed by atoms with Crippen molar-refractivity contribution in [2.45, 2.75) is 52.4 Å². The third kappa shape index (κ3) is 3.92. The van der Waals surface area contributed by atoms with Gasteiger partial charge >= 0.3 is 0 Å². The number of carbonyl (C=O) groups is 1. The molecule has 5 heteroatoms. The molecular formula is C20H24N4O. The molecule has 1 saturated carbocycles. The second-order valence-electron chi connectivity index (χ2n) is 6.82. The van der Waals surface area contributed by atoms with E-state index in [1.54, 1.807) is 0 Å². The number of hydrogen-bond donors (Lipinski definition) is 2. The van der Waals surface area contributed by atoms with Gasteiger partial charge in [-0.05, 0) is 62.8 Å². The molecule has 1 aromatic carbocycles. The van der Waals surface area contributed by atoms with Crippen molar-refractivity contribution in [3.05, 3.63) is 46.4 Å². The van der Waals surface area contributed by atoms with Crippen LogP contribution in [0, 0.1) is 26.2 Å². The van der Waals surface area contributed by atoms with E-state index in [1.807, 2.05) is 26.0 Å². The van der Waals surface area contributed by atoms with Gasteiger partial charge < -0.3 is 10.7 Å². The summed E-state index contributed by atoms with van der Waals surface area (Å²) in [6.45, 7) is 5.90. The Balaban J connectivity index is 1.95. The van der Waals surface area contributed by atoms with Crippen molar-refractivity contribution in [1.29, 1.82) is 5.41 Å². The fourth-order valence-electron chi connectivity index (χ4n) is 3.58. The van der Waals surface area contributed by atoms with Gasteiger partial charge in [-0.25, -0.2) is 9.97 Å². The molecule has 3 rings (SSSR count). The van der Waals surface area contributed by atoms with E-state index in [2.05, 4.69) is 28.3 Å². The molecule has 2 N–H and O–H groups in total. The number of nitrogens with one attached hydrogen (secondary N) is 2. The van der Waals surface area contributed by atoms with Gasteiger partial charge in [-0.1, -0.05) is 0 Å². The summed E-state index contributed by atoms with van der Waals surface area (Å²) in [6.07, 6.45) is 4.53. The second kappa shape index (κ2) is 7.13. The summed E-state index contributed by atoms with van der Waals surface area (Å²) in [7, 11) is 0. The number of carbonyl (C=O) groups excluding carboxylic acids is 1. The molecule has 0 amide bonds. The zero-order valence-electron chi connectivity index (χ0n) is 15.0. The Morgan fingerprint density at radius 2 is 1.84 bits per heavy atom. The molecule has 5 nitrogen and oxygen atoms in total. The van der Waals surface area contributed by atoms with Crippen LogP contribution < -0.4 is 5.32 Å². The fraction of sp³-hybridized carbons (Fsp3) is 0.400. The van der Waals surface area contributed by atoms with Gasteiger partial charge in [0.2, 0.25) is 0 Å². The van der Waals surface area contributed by atoms with Crippen LogP contribution in [0.4, 0.5) is 11.5 Å². The lowest BCUT2D eigenvalue weighted by atomic mass is 9.81. The first kappa shape index (κ1) is 17.3. The summed E-state index contributed by atoms with van der Waals surface area (Å²) in [4.78, 5) is 20.3. The van der Waals surface area contributed by atoms with Gasteiger partial charge in [-0.15, -0.1) is 0 Å². The first-order chi connectivity index (χ1) is 12.0. The van der Waals surface area contributed by atoms with Crippen molar-refractivity contribution < 1.29 is 4.79 Å². The third-order valence-electron chi connectivity index (χ3n) is 4.81. The van der Waals surface area contributed by atoms with Crippen LogP contribution in [0.25, 0.3) is 0 Å². The maximum Gasteiger partial charge on any atom is 0.134 e. The van der Waals surface area contributed by atoms with E-state index in [0.29, 0.717) is 24.5 Å². The van der Waals surface area contributed by atoms with Gasteiger partial charge in [0.15, 0.2) is 0 Å². The summed E-state index contributed by atoms with van der Waals surface area (Å²) >= 11 is 0. The first-order valence-electron chi connectivity index (χ1n) is 8.72. The van der Waals surface area contributed by atoms with Crippen LogP contribution in [0.1, 0.15) is 59.8 Å². The normalized spacial score (nSPS) is 15.2. The SMILES string of the molecule is Cc1cc(Nc2cc(C3CCC(=O)CC3)c(C)cc2C=N)nc(C)n1. The number of rotatable bonds is 4. The summed E-state index contributed by atoms with van der Waals surface area (Å²) < 4.78 is 0. The van der Waals surface area contributed by atoms with E-state index in [1.165, 1.54) is 17.3 Å². The minimum atomic E-state index is 0.371. The van der Waals surface area contributed by atoms with Crippen LogP contribution in [0.15, 0.2) is 18.2 Å². The van der Waals surface area contributed by atoms with Crippen molar-refractivity contribution in [3.8, 4) is 0 Å². The highest BCUT2D eigenvalue weighted by Gasteiger charge is 2.22. The monoisotopic (exact) mass is 336 g/mol. The summed E-state index contributed by atoms with van der Waals surface area (Å²) in [5.41, 5.74) is 5.07. The second-order valence-corrected chi connectivity index (χ2v) is 6.82. The number of aryl methyl sites for hydroxylation is 3. The van der Waals surface area contributed by atoms with Gasteiger partial charge in [0.1, 0.15) is 17.4 Å². The zero-order valence-corrected chi connectivity index (χ0v) is 15.0. The predicted molar refractivity (Wildman–Crippen MR) is 100 cm³/mol. The lowest BCUT2D eigenvalue weighted by Crippen LogP contribution is -2.14. The Hall–Kier alpha value is -2.56. The summed E-state index contributed by atoms with van der Waals surface area (Å²) in [6, 6.07) is 6.07. The van der Waals surface area contributed by atoms with Crippen LogP contribution in [-0.4, -0.2) is 22.0 Å². The largest absolute Gasteiger partial charge is 0.340 e. The molecule has 0 aliphatic heterocycles. The Morgan fingerprint density at radius 1 is 1.12 bits per heavy atom. The van der Waals surface area contributed by atoms with Gasteiger partial charge in [0.25, 0.3) is 0 Å². The number of ketones is 1. The van der Waals surface area contributed by atoms with E-state index < -0.39 is 0 Å². The number of nitrogens with zero attached hydrogens (tertiary/aromatic N) is 2. The van der Waals surface area contributed by atoms with Crippen molar-refractivity contribution in [2.24, 2.45) is 0 Å². The minimum Gasteiger partial charge on any atom is -0.340 e. The molecule has 0 spiro atoms. The molecule has 1 fully saturated rings. The Morgan fingerprint density at radius 3 is 2.48 bits per heavy atom. The molecule has 25 heavy (non-hydrogen) atoms. The molecule has 0 unspecified atom stereocenters. The first-order valence-corrected chi connectivity index (χ1v) is 8.72. The van der Waals surface area contributed by atoms with Gasteiger partial charge in [0.05, 0.1) is 0 Å². The lowest BCUT2D eigenvalue weighted by Gasteiger charge is -2.24. The molecule has 0 atom stereocenters. The molecule has 1 aliphatic rings. The summed E-state index contributed by atoms with van der Waals surface area (Å²) in [5, 5.41) is 11.1. The van der Waals surface area contributed by atoms with Gasteiger partial charge in [-0.3, -0.25) is 4.79 Å². The van der Waals surface area contributed by atoms with Crippen molar-refractivity contribution >= 4 is 23.5 Å². The quantitative estimate of drug-likeness (QED) is 0.813. The standard InChI is InChI=1S/C20H24N4O/c1-12-8-16(11-21)19(24-20-9-13(2)22-14(3)23-20)10-18(12)15-4-6-17(25)7-5-15/h8-11,15,21H,4-7H2,1-3H3,(H,22,23,24). The third-order valence-corrected chi connectivity index (χ3v) is 4.81. The maximum absolute atomic E-state index is 11.5. The topological polar surface area (TPSA) is 78.7 Å². The number of aromatic nitrogens is 2. The number of hydrogen-bond acceptors (Lipinski definition) is 5. The number of Topliss-reactive ketones (excluding diaryl/α,β-unsaturated/α-hetero) is 1. The van der Waals surface area contributed by atoms with Crippen molar-refractivity contribution in [1.82, 2.24) is 9.97 Å². The summed E-state index contributed by atoms with van der Waals surface area (Å²) in [5.74, 6) is 2.24. The van der Waals surface area contributed by atoms with E-state index >= 15 is 0 Å². The van der Waals surface area contributed by atoms with E-state index in [0.717, 1.165) is 41.4 Å². The average Bonchev–Trinajstić information content (AvgIpc) is 2.56. The van der Waals surface area contributed by atoms with Crippen molar-refractivity contribution in [2.75, 3.05) is 5.32 Å². The van der Waals surface area contributed by atoms with Crippen LogP contribution >= 0.6 is 0 Å². The molecule has 1 aromatic heterocycles. The molecule has 0 bridgehead atoms. The Kier molecular flexibility index (Phi) is 4.93. The van der Waals surface area contributed by atoms with Crippen LogP contribution in [-0.2, 0) is 4.79 Å². The zero-order chi connectivity index (χ0) is 18.0. The Bertz CT molecular complexity index is 798. The molecule has 1 heterocycles. The van der Waals surface area contributed by atoms with Gasteiger partial charge in [-0.2, -0.15) is 0 Å². The highest BCUT2D eigenvalue weighted by atomic mass is 16.1.